The van der Waals surface area contributed by atoms with Gasteiger partial charge in [-0.25, -0.2) is 0 Å². The predicted octanol–water partition coefficient (Wildman–Crippen LogP) is 3.59. The maximum Gasteiger partial charge on any atom is 0.0118 e. The van der Waals surface area contributed by atoms with E-state index < -0.39 is 0 Å². The lowest BCUT2D eigenvalue weighted by atomic mass is 9.73. The van der Waals surface area contributed by atoms with Crippen LogP contribution >= 0.6 is 0 Å². The minimum absolute atomic E-state index is 0.523. The van der Waals surface area contributed by atoms with Crippen molar-refractivity contribution < 1.29 is 0 Å². The quantitative estimate of drug-likeness (QED) is 0.726. The summed E-state index contributed by atoms with van der Waals surface area (Å²) in [6, 6.07) is 0.759. The lowest BCUT2D eigenvalue weighted by Crippen LogP contribution is -2.44. The predicted molar refractivity (Wildman–Crippen MR) is 63.5 cm³/mol. The molecule has 0 aromatic heterocycles. The molecule has 0 aromatic rings. The first kappa shape index (κ1) is 12.0. The Bertz CT molecular complexity index is 161. The molecule has 0 bridgehead atoms. The van der Waals surface area contributed by atoms with Gasteiger partial charge in [0.1, 0.15) is 0 Å². The van der Waals surface area contributed by atoms with Gasteiger partial charge in [-0.3, -0.25) is 0 Å². The van der Waals surface area contributed by atoms with Crippen molar-refractivity contribution in [2.24, 2.45) is 11.3 Å². The molecule has 1 aliphatic carbocycles. The van der Waals surface area contributed by atoms with Gasteiger partial charge in [0.05, 0.1) is 0 Å². The molecule has 1 atom stereocenters. The van der Waals surface area contributed by atoms with Crippen LogP contribution in [0.15, 0.2) is 0 Å². The molecule has 1 fully saturated rings. The number of nitrogens with one attached hydrogen (secondary N) is 1. The molecule has 1 heteroatoms. The zero-order valence-corrected chi connectivity index (χ0v) is 10.4. The summed E-state index contributed by atoms with van der Waals surface area (Å²) in [5, 5.41) is 3.74. The molecule has 0 amide bonds. The van der Waals surface area contributed by atoms with Crippen molar-refractivity contribution in [1.82, 2.24) is 5.32 Å². The van der Waals surface area contributed by atoms with Gasteiger partial charge in [0.15, 0.2) is 0 Å². The molecule has 1 saturated carbocycles. The van der Waals surface area contributed by atoms with E-state index >= 15 is 0 Å². The highest BCUT2D eigenvalue weighted by atomic mass is 14.9. The van der Waals surface area contributed by atoms with Crippen molar-refractivity contribution >= 4 is 0 Å². The van der Waals surface area contributed by atoms with Gasteiger partial charge in [0.2, 0.25) is 0 Å². The second-order valence-electron chi connectivity index (χ2n) is 5.92. The molecule has 0 heterocycles. The Morgan fingerprint density at radius 2 is 2.00 bits per heavy atom. The third kappa shape index (κ3) is 3.61. The molecule has 1 nitrogen and oxygen atoms in total. The Balaban J connectivity index is 2.27. The molecule has 1 unspecified atom stereocenters. The highest BCUT2D eigenvalue weighted by Crippen LogP contribution is 2.35. The summed E-state index contributed by atoms with van der Waals surface area (Å²) in [7, 11) is 0. The van der Waals surface area contributed by atoms with E-state index in [9.17, 15) is 0 Å². The molecular formula is C13H27N. The zero-order chi connectivity index (χ0) is 10.6. The van der Waals surface area contributed by atoms with Crippen LogP contribution in [-0.2, 0) is 0 Å². The van der Waals surface area contributed by atoms with E-state index in [1.807, 2.05) is 0 Å². The van der Waals surface area contributed by atoms with Crippen molar-refractivity contribution in [1.29, 1.82) is 0 Å². The van der Waals surface area contributed by atoms with Crippen LogP contribution in [0.5, 0.6) is 0 Å². The van der Waals surface area contributed by atoms with Gasteiger partial charge in [-0.15, -0.1) is 0 Å². The first-order chi connectivity index (χ1) is 6.52. The second-order valence-corrected chi connectivity index (χ2v) is 5.92. The monoisotopic (exact) mass is 197 g/mol. The Labute approximate surface area is 89.7 Å². The maximum absolute atomic E-state index is 3.74. The second kappa shape index (κ2) is 5.16. The molecule has 0 spiro atoms. The van der Waals surface area contributed by atoms with Crippen molar-refractivity contribution in [3.05, 3.63) is 0 Å². The van der Waals surface area contributed by atoms with Gasteiger partial charge >= 0.3 is 0 Å². The van der Waals surface area contributed by atoms with Crippen molar-refractivity contribution in [3.8, 4) is 0 Å². The highest BCUT2D eigenvalue weighted by molar-refractivity contribution is 4.87. The SMILES string of the molecule is CC(C)CCNC1CCCCC1(C)C. The number of hydrogen-bond acceptors (Lipinski definition) is 1. The van der Waals surface area contributed by atoms with E-state index in [1.54, 1.807) is 0 Å². The Kier molecular flexibility index (Phi) is 4.43. The normalized spacial score (nSPS) is 26.8. The molecule has 0 aromatic carbocycles. The van der Waals surface area contributed by atoms with E-state index in [4.69, 9.17) is 0 Å². The average Bonchev–Trinajstić information content (AvgIpc) is 2.07. The molecule has 14 heavy (non-hydrogen) atoms. The third-order valence-electron chi connectivity index (χ3n) is 3.62. The summed E-state index contributed by atoms with van der Waals surface area (Å²) in [5.41, 5.74) is 0.523. The molecular weight excluding hydrogens is 170 g/mol. The van der Waals surface area contributed by atoms with Crippen LogP contribution < -0.4 is 5.32 Å². The molecule has 1 rings (SSSR count). The maximum atomic E-state index is 3.74. The minimum Gasteiger partial charge on any atom is -0.313 e. The Morgan fingerprint density at radius 1 is 1.29 bits per heavy atom. The van der Waals surface area contributed by atoms with E-state index in [0.717, 1.165) is 12.0 Å². The summed E-state index contributed by atoms with van der Waals surface area (Å²) < 4.78 is 0. The largest absolute Gasteiger partial charge is 0.313 e. The summed E-state index contributed by atoms with van der Waals surface area (Å²) >= 11 is 0. The van der Waals surface area contributed by atoms with Gasteiger partial charge in [0, 0.05) is 6.04 Å². The summed E-state index contributed by atoms with van der Waals surface area (Å²) in [4.78, 5) is 0. The third-order valence-corrected chi connectivity index (χ3v) is 3.62. The average molecular weight is 197 g/mol. The lowest BCUT2D eigenvalue weighted by Gasteiger charge is -2.39. The fourth-order valence-corrected chi connectivity index (χ4v) is 2.42. The van der Waals surface area contributed by atoms with Gasteiger partial charge < -0.3 is 5.32 Å². The smallest absolute Gasteiger partial charge is 0.0118 e. The van der Waals surface area contributed by atoms with Gasteiger partial charge in [-0.2, -0.15) is 0 Å². The molecule has 1 aliphatic rings. The standard InChI is InChI=1S/C13H27N/c1-11(2)8-10-14-12-7-5-6-9-13(12,3)4/h11-12,14H,5-10H2,1-4H3. The van der Waals surface area contributed by atoms with Gasteiger partial charge in [-0.1, -0.05) is 40.5 Å². The summed E-state index contributed by atoms with van der Waals surface area (Å²) in [6.07, 6.45) is 6.93. The van der Waals surface area contributed by atoms with Crippen molar-refractivity contribution in [3.63, 3.8) is 0 Å². The van der Waals surface area contributed by atoms with Gasteiger partial charge in [0.25, 0.3) is 0 Å². The summed E-state index contributed by atoms with van der Waals surface area (Å²) in [5.74, 6) is 0.828. The fraction of sp³-hybridized carbons (Fsp3) is 1.00. The zero-order valence-electron chi connectivity index (χ0n) is 10.4. The molecule has 0 aliphatic heterocycles. The van der Waals surface area contributed by atoms with E-state index in [0.29, 0.717) is 5.41 Å². The van der Waals surface area contributed by atoms with Crippen LogP contribution in [0.4, 0.5) is 0 Å². The first-order valence-electron chi connectivity index (χ1n) is 6.26. The Morgan fingerprint density at radius 3 is 2.57 bits per heavy atom. The number of rotatable bonds is 4. The molecule has 1 N–H and O–H groups in total. The summed E-state index contributed by atoms with van der Waals surface area (Å²) in [6.45, 7) is 10.6. The van der Waals surface area contributed by atoms with Crippen LogP contribution in [0.25, 0.3) is 0 Å². The Hall–Kier alpha value is -0.0400. The van der Waals surface area contributed by atoms with Crippen LogP contribution in [0.1, 0.15) is 59.8 Å². The van der Waals surface area contributed by atoms with Crippen LogP contribution in [-0.4, -0.2) is 12.6 Å². The fourth-order valence-electron chi connectivity index (χ4n) is 2.42. The van der Waals surface area contributed by atoms with Crippen LogP contribution in [0, 0.1) is 11.3 Å². The topological polar surface area (TPSA) is 12.0 Å². The van der Waals surface area contributed by atoms with E-state index in [-0.39, 0.29) is 0 Å². The molecule has 0 saturated heterocycles. The van der Waals surface area contributed by atoms with Crippen LogP contribution in [0.3, 0.4) is 0 Å². The van der Waals surface area contributed by atoms with Gasteiger partial charge in [-0.05, 0) is 37.1 Å². The van der Waals surface area contributed by atoms with Crippen LogP contribution in [0.2, 0.25) is 0 Å². The van der Waals surface area contributed by atoms with Crippen molar-refractivity contribution in [2.75, 3.05) is 6.54 Å². The van der Waals surface area contributed by atoms with E-state index in [2.05, 4.69) is 33.0 Å². The first-order valence-corrected chi connectivity index (χ1v) is 6.26. The minimum atomic E-state index is 0.523. The highest BCUT2D eigenvalue weighted by Gasteiger charge is 2.31. The lowest BCUT2D eigenvalue weighted by molar-refractivity contribution is 0.166. The van der Waals surface area contributed by atoms with Crippen molar-refractivity contribution in [2.45, 2.75) is 65.8 Å². The van der Waals surface area contributed by atoms with E-state index in [1.165, 1.54) is 38.6 Å². The number of hydrogen-bond donors (Lipinski definition) is 1. The molecule has 0 radical (unpaired) electrons. The molecule has 84 valence electrons.